The Balaban J connectivity index is 1.44. The van der Waals surface area contributed by atoms with E-state index < -0.39 is 11.8 Å². The molecule has 1 fully saturated rings. The molecule has 0 radical (unpaired) electrons. The van der Waals surface area contributed by atoms with E-state index in [0.717, 1.165) is 56.2 Å². The van der Waals surface area contributed by atoms with Gasteiger partial charge in [-0.3, -0.25) is 9.59 Å². The van der Waals surface area contributed by atoms with Crippen LogP contribution in [0.4, 0.5) is 5.69 Å². The molecular weight excluding hydrogens is 370 g/mol. The van der Waals surface area contributed by atoms with Crippen LogP contribution in [0, 0.1) is 13.8 Å². The zero-order valence-electron chi connectivity index (χ0n) is 17.3. The first-order chi connectivity index (χ1) is 13.9. The minimum Gasteiger partial charge on any atom is -0.441 e. The summed E-state index contributed by atoms with van der Waals surface area (Å²) in [4.78, 5) is 33.3. The number of aromatic nitrogens is 1. The summed E-state index contributed by atoms with van der Waals surface area (Å²) in [5.41, 5.74) is 2.09. The lowest BCUT2D eigenvalue weighted by Crippen LogP contribution is -2.45. The van der Waals surface area contributed by atoms with Gasteiger partial charge in [-0.2, -0.15) is 0 Å². The fourth-order valence-electron chi connectivity index (χ4n) is 3.17. The fourth-order valence-corrected chi connectivity index (χ4v) is 3.17. The number of benzene rings is 1. The van der Waals surface area contributed by atoms with E-state index in [1.54, 1.807) is 18.2 Å². The van der Waals surface area contributed by atoms with E-state index in [-0.39, 0.29) is 0 Å². The summed E-state index contributed by atoms with van der Waals surface area (Å²) >= 11 is 0. The second-order valence-corrected chi connectivity index (χ2v) is 7.45. The van der Waals surface area contributed by atoms with Crippen LogP contribution in [-0.2, 0) is 9.59 Å². The van der Waals surface area contributed by atoms with E-state index in [9.17, 15) is 9.59 Å². The molecule has 0 saturated carbocycles. The highest BCUT2D eigenvalue weighted by Crippen LogP contribution is 2.24. The molecule has 0 spiro atoms. The highest BCUT2D eigenvalue weighted by atomic mass is 16.4. The smallest absolute Gasteiger partial charge is 0.313 e. The summed E-state index contributed by atoms with van der Waals surface area (Å²) in [5.74, 6) is -0.0621. The SMILES string of the molecule is Cc1nc(-c2cccc(NC(=O)C(=O)NCCCN3CCN(C)CC3)c2)oc1C. The molecule has 1 aromatic heterocycles. The van der Waals surface area contributed by atoms with Crippen LogP contribution in [0.1, 0.15) is 17.9 Å². The lowest BCUT2D eigenvalue weighted by atomic mass is 10.2. The molecule has 1 saturated heterocycles. The summed E-state index contributed by atoms with van der Waals surface area (Å²) in [6.45, 7) is 9.37. The van der Waals surface area contributed by atoms with Gasteiger partial charge >= 0.3 is 11.8 Å². The number of hydrogen-bond donors (Lipinski definition) is 2. The third-order valence-corrected chi connectivity index (χ3v) is 5.13. The quantitative estimate of drug-likeness (QED) is 0.567. The van der Waals surface area contributed by atoms with Crippen LogP contribution in [0.25, 0.3) is 11.5 Å². The number of aryl methyl sites for hydroxylation is 2. The highest BCUT2D eigenvalue weighted by molar-refractivity contribution is 6.39. The average molecular weight is 399 g/mol. The summed E-state index contributed by atoms with van der Waals surface area (Å²) < 4.78 is 5.62. The molecule has 1 aromatic carbocycles. The monoisotopic (exact) mass is 399 g/mol. The maximum absolute atomic E-state index is 12.2. The summed E-state index contributed by atoms with van der Waals surface area (Å²) in [7, 11) is 2.12. The molecular formula is C21H29N5O3. The third-order valence-electron chi connectivity index (χ3n) is 5.13. The molecule has 0 atom stereocenters. The van der Waals surface area contributed by atoms with Gasteiger partial charge in [0.25, 0.3) is 0 Å². The Morgan fingerprint density at radius 3 is 2.59 bits per heavy atom. The fraction of sp³-hybridized carbons (Fsp3) is 0.476. The summed E-state index contributed by atoms with van der Waals surface area (Å²) in [6, 6.07) is 7.10. The van der Waals surface area contributed by atoms with E-state index in [2.05, 4.69) is 32.5 Å². The number of anilines is 1. The number of hydrogen-bond acceptors (Lipinski definition) is 6. The van der Waals surface area contributed by atoms with E-state index in [4.69, 9.17) is 4.42 Å². The van der Waals surface area contributed by atoms with Gasteiger partial charge < -0.3 is 24.9 Å². The van der Waals surface area contributed by atoms with Crippen molar-refractivity contribution in [3.63, 3.8) is 0 Å². The minimum atomic E-state index is -0.679. The molecule has 8 heteroatoms. The first-order valence-corrected chi connectivity index (χ1v) is 9.97. The molecule has 2 amide bonds. The number of rotatable bonds is 6. The Bertz CT molecular complexity index is 836. The highest BCUT2D eigenvalue weighted by Gasteiger charge is 2.16. The molecule has 29 heavy (non-hydrogen) atoms. The zero-order chi connectivity index (χ0) is 20.8. The lowest BCUT2D eigenvalue weighted by molar-refractivity contribution is -0.136. The second-order valence-electron chi connectivity index (χ2n) is 7.45. The third kappa shape index (κ3) is 5.88. The second kappa shape index (κ2) is 9.67. The zero-order valence-corrected chi connectivity index (χ0v) is 17.3. The molecule has 0 aliphatic carbocycles. The molecule has 2 N–H and O–H groups in total. The van der Waals surface area contributed by atoms with Gasteiger partial charge in [-0.25, -0.2) is 4.98 Å². The topological polar surface area (TPSA) is 90.7 Å². The van der Waals surface area contributed by atoms with Crippen molar-refractivity contribution < 1.29 is 14.0 Å². The number of carbonyl (C=O) groups is 2. The molecule has 8 nitrogen and oxygen atoms in total. The molecule has 3 rings (SSSR count). The molecule has 2 aromatic rings. The van der Waals surface area contributed by atoms with Crippen LogP contribution in [0.3, 0.4) is 0 Å². The van der Waals surface area contributed by atoms with Crippen LogP contribution in [0.15, 0.2) is 28.7 Å². The van der Waals surface area contributed by atoms with Gasteiger partial charge in [-0.1, -0.05) is 6.07 Å². The average Bonchev–Trinajstić information content (AvgIpc) is 3.05. The van der Waals surface area contributed by atoms with Crippen LogP contribution >= 0.6 is 0 Å². The van der Waals surface area contributed by atoms with E-state index in [0.29, 0.717) is 18.1 Å². The van der Waals surface area contributed by atoms with Gasteiger partial charge in [0.2, 0.25) is 5.89 Å². The molecule has 0 bridgehead atoms. The van der Waals surface area contributed by atoms with Gasteiger partial charge in [-0.15, -0.1) is 0 Å². The Hall–Kier alpha value is -2.71. The van der Waals surface area contributed by atoms with Gasteiger partial charge in [-0.05, 0) is 52.1 Å². The Kier molecular flexibility index (Phi) is 7.00. The number of carbonyl (C=O) groups excluding carboxylic acids is 2. The van der Waals surface area contributed by atoms with Crippen molar-refractivity contribution in [3.8, 4) is 11.5 Å². The van der Waals surface area contributed by atoms with Crippen LogP contribution in [-0.4, -0.2) is 72.9 Å². The Labute approximate surface area is 171 Å². The van der Waals surface area contributed by atoms with Gasteiger partial charge in [0.15, 0.2) is 0 Å². The molecule has 1 aliphatic heterocycles. The molecule has 2 heterocycles. The lowest BCUT2D eigenvalue weighted by Gasteiger charge is -2.32. The van der Waals surface area contributed by atoms with Crippen molar-refractivity contribution in [1.29, 1.82) is 0 Å². The first-order valence-electron chi connectivity index (χ1n) is 9.97. The van der Waals surface area contributed by atoms with Crippen molar-refractivity contribution >= 4 is 17.5 Å². The minimum absolute atomic E-state index is 0.480. The first kappa shape index (κ1) is 21.0. The van der Waals surface area contributed by atoms with Crippen molar-refractivity contribution in [2.45, 2.75) is 20.3 Å². The number of amides is 2. The molecule has 0 unspecified atom stereocenters. The van der Waals surface area contributed by atoms with Gasteiger partial charge in [0.1, 0.15) is 5.76 Å². The van der Waals surface area contributed by atoms with Crippen LogP contribution in [0.5, 0.6) is 0 Å². The maximum atomic E-state index is 12.2. The van der Waals surface area contributed by atoms with Gasteiger partial charge in [0, 0.05) is 44.0 Å². The number of oxazole rings is 1. The van der Waals surface area contributed by atoms with Crippen molar-refractivity contribution in [2.75, 3.05) is 51.6 Å². The standard InChI is InChI=1S/C21H29N5O3/c1-15-16(2)29-21(23-15)17-6-4-7-18(14-17)24-20(28)19(27)22-8-5-9-26-12-10-25(3)11-13-26/h4,6-7,14H,5,8-13H2,1-3H3,(H,22,27)(H,24,28). The van der Waals surface area contributed by atoms with E-state index in [1.807, 2.05) is 19.9 Å². The predicted molar refractivity (Wildman–Crippen MR) is 112 cm³/mol. The van der Waals surface area contributed by atoms with E-state index in [1.165, 1.54) is 0 Å². The normalized spacial score (nSPS) is 15.3. The van der Waals surface area contributed by atoms with Crippen LogP contribution in [0.2, 0.25) is 0 Å². The van der Waals surface area contributed by atoms with Crippen molar-refractivity contribution in [3.05, 3.63) is 35.7 Å². The number of piperazine rings is 1. The number of nitrogens with zero attached hydrogens (tertiary/aromatic N) is 3. The molecule has 1 aliphatic rings. The van der Waals surface area contributed by atoms with Crippen molar-refractivity contribution in [1.82, 2.24) is 20.1 Å². The van der Waals surface area contributed by atoms with Crippen LogP contribution < -0.4 is 10.6 Å². The maximum Gasteiger partial charge on any atom is 0.313 e. The number of nitrogens with one attached hydrogen (secondary N) is 2. The largest absolute Gasteiger partial charge is 0.441 e. The van der Waals surface area contributed by atoms with Crippen molar-refractivity contribution in [2.24, 2.45) is 0 Å². The summed E-state index contributed by atoms with van der Waals surface area (Å²) in [6.07, 6.45) is 0.821. The Morgan fingerprint density at radius 2 is 1.90 bits per heavy atom. The van der Waals surface area contributed by atoms with Gasteiger partial charge in [0.05, 0.1) is 5.69 Å². The predicted octanol–water partition coefficient (Wildman–Crippen LogP) is 1.65. The van der Waals surface area contributed by atoms with E-state index >= 15 is 0 Å². The Morgan fingerprint density at radius 1 is 1.14 bits per heavy atom. The molecule has 156 valence electrons. The number of likely N-dealkylation sites (N-methyl/N-ethyl adjacent to an activating group) is 1. The summed E-state index contributed by atoms with van der Waals surface area (Å²) in [5, 5.41) is 5.32.